The number of aromatic nitrogens is 1. The van der Waals surface area contributed by atoms with Crippen molar-refractivity contribution in [2.75, 3.05) is 31.6 Å². The van der Waals surface area contributed by atoms with E-state index in [1.807, 2.05) is 24.9 Å². The van der Waals surface area contributed by atoms with Crippen LogP contribution in [0.25, 0.3) is 0 Å². The molecule has 2 rings (SSSR count). The monoisotopic (exact) mass is 262 g/mol. The Morgan fingerprint density at radius 3 is 3.05 bits per heavy atom. The summed E-state index contributed by atoms with van der Waals surface area (Å²) in [7, 11) is 1.98. The molecule has 1 amide bonds. The third kappa shape index (κ3) is 3.23. The van der Waals surface area contributed by atoms with Crippen LogP contribution in [0.5, 0.6) is 0 Å². The van der Waals surface area contributed by atoms with Gasteiger partial charge in [0.15, 0.2) is 0 Å². The van der Waals surface area contributed by atoms with Gasteiger partial charge in [0.25, 0.3) is 5.91 Å². The summed E-state index contributed by atoms with van der Waals surface area (Å²) in [6.45, 7) is 4.92. The van der Waals surface area contributed by atoms with E-state index in [1.165, 1.54) is 12.8 Å². The molecule has 1 fully saturated rings. The normalized spacial score (nSPS) is 19.2. The number of piperidine rings is 1. The zero-order chi connectivity index (χ0) is 13.8. The van der Waals surface area contributed by atoms with Gasteiger partial charge in [0.1, 0.15) is 5.82 Å². The van der Waals surface area contributed by atoms with Crippen molar-refractivity contribution in [2.45, 2.75) is 19.8 Å². The maximum atomic E-state index is 11.6. The van der Waals surface area contributed by atoms with E-state index in [2.05, 4.69) is 10.3 Å². The second-order valence-electron chi connectivity index (χ2n) is 5.28. The number of hydrogen-bond acceptors (Lipinski definition) is 4. The molecule has 0 aliphatic carbocycles. The number of nitrogens with one attached hydrogen (secondary N) is 1. The molecule has 1 aromatic rings. The Hall–Kier alpha value is -1.62. The Kier molecular flexibility index (Phi) is 4.37. The second kappa shape index (κ2) is 6.02. The number of nitrogens with zero attached hydrogens (tertiary/aromatic N) is 2. The average Bonchev–Trinajstić information content (AvgIpc) is 2.39. The number of anilines is 1. The molecule has 1 aliphatic heterocycles. The van der Waals surface area contributed by atoms with Crippen LogP contribution in [0.15, 0.2) is 12.3 Å². The standard InChI is InChI=1S/C14H22N4O/c1-10-5-7-17-14(12(10)13(15)19)18(2)9-11-4-3-6-16-8-11/h5,7,11,16H,3-4,6,8-9H2,1-2H3,(H2,15,19). The van der Waals surface area contributed by atoms with Gasteiger partial charge in [-0.25, -0.2) is 4.98 Å². The number of hydrogen-bond donors (Lipinski definition) is 2. The van der Waals surface area contributed by atoms with Crippen LogP contribution in [-0.4, -0.2) is 37.6 Å². The van der Waals surface area contributed by atoms with Crippen LogP contribution in [-0.2, 0) is 0 Å². The summed E-state index contributed by atoms with van der Waals surface area (Å²) in [5.41, 5.74) is 6.88. The quantitative estimate of drug-likeness (QED) is 0.846. The molecule has 1 aliphatic rings. The predicted octanol–water partition coefficient (Wildman–Crippen LogP) is 0.925. The molecular weight excluding hydrogens is 240 g/mol. The van der Waals surface area contributed by atoms with Gasteiger partial charge in [0, 0.05) is 19.8 Å². The maximum absolute atomic E-state index is 11.6. The van der Waals surface area contributed by atoms with Crippen LogP contribution in [0.1, 0.15) is 28.8 Å². The third-order valence-electron chi connectivity index (χ3n) is 3.68. The van der Waals surface area contributed by atoms with Gasteiger partial charge in [-0.15, -0.1) is 0 Å². The van der Waals surface area contributed by atoms with Gasteiger partial charge in [-0.1, -0.05) is 0 Å². The minimum Gasteiger partial charge on any atom is -0.365 e. The molecule has 1 atom stereocenters. The van der Waals surface area contributed by atoms with E-state index in [0.29, 0.717) is 17.3 Å². The molecule has 0 saturated carbocycles. The van der Waals surface area contributed by atoms with Gasteiger partial charge >= 0.3 is 0 Å². The summed E-state index contributed by atoms with van der Waals surface area (Å²) < 4.78 is 0. The average molecular weight is 262 g/mol. The van der Waals surface area contributed by atoms with E-state index in [4.69, 9.17) is 5.73 Å². The lowest BCUT2D eigenvalue weighted by atomic mass is 9.99. The Balaban J connectivity index is 2.16. The topological polar surface area (TPSA) is 71.2 Å². The lowest BCUT2D eigenvalue weighted by Gasteiger charge is -2.29. The van der Waals surface area contributed by atoms with Gasteiger partial charge in [-0.3, -0.25) is 4.79 Å². The number of aryl methyl sites for hydroxylation is 1. The summed E-state index contributed by atoms with van der Waals surface area (Å²) in [4.78, 5) is 18.0. The number of primary amides is 1. The highest BCUT2D eigenvalue weighted by Gasteiger charge is 2.20. The fourth-order valence-electron chi connectivity index (χ4n) is 2.69. The molecule has 104 valence electrons. The number of pyridine rings is 1. The van der Waals surface area contributed by atoms with Gasteiger partial charge in [-0.2, -0.15) is 0 Å². The number of rotatable bonds is 4. The van der Waals surface area contributed by atoms with Crippen molar-refractivity contribution in [3.8, 4) is 0 Å². The predicted molar refractivity (Wildman–Crippen MR) is 76.4 cm³/mol. The molecule has 5 nitrogen and oxygen atoms in total. The zero-order valence-corrected chi connectivity index (χ0v) is 11.6. The minimum absolute atomic E-state index is 0.408. The summed E-state index contributed by atoms with van der Waals surface area (Å²) in [5, 5.41) is 3.40. The zero-order valence-electron chi connectivity index (χ0n) is 11.6. The Morgan fingerprint density at radius 2 is 2.42 bits per heavy atom. The molecule has 0 aromatic carbocycles. The summed E-state index contributed by atoms with van der Waals surface area (Å²) in [6.07, 6.45) is 4.16. The van der Waals surface area contributed by atoms with Crippen LogP contribution in [0.4, 0.5) is 5.82 Å². The van der Waals surface area contributed by atoms with Crippen molar-refractivity contribution < 1.29 is 4.79 Å². The first-order chi connectivity index (χ1) is 9.09. The molecule has 3 N–H and O–H groups in total. The summed E-state index contributed by atoms with van der Waals surface area (Å²) in [5.74, 6) is 0.883. The molecule has 5 heteroatoms. The molecule has 0 radical (unpaired) electrons. The summed E-state index contributed by atoms with van der Waals surface area (Å²) >= 11 is 0. The van der Waals surface area contributed by atoms with Crippen LogP contribution in [0.3, 0.4) is 0 Å². The van der Waals surface area contributed by atoms with E-state index < -0.39 is 5.91 Å². The molecule has 0 bridgehead atoms. The minimum atomic E-state index is -0.408. The lowest BCUT2D eigenvalue weighted by molar-refractivity contribution is 0.1000. The fraction of sp³-hybridized carbons (Fsp3) is 0.571. The highest BCUT2D eigenvalue weighted by Crippen LogP contribution is 2.21. The molecule has 19 heavy (non-hydrogen) atoms. The van der Waals surface area contributed by atoms with E-state index in [-0.39, 0.29) is 0 Å². The smallest absolute Gasteiger partial charge is 0.252 e. The van der Waals surface area contributed by atoms with E-state index >= 15 is 0 Å². The fourth-order valence-corrected chi connectivity index (χ4v) is 2.69. The van der Waals surface area contributed by atoms with Crippen LogP contribution in [0, 0.1) is 12.8 Å². The first-order valence-electron chi connectivity index (χ1n) is 6.77. The lowest BCUT2D eigenvalue weighted by Crippen LogP contribution is -2.37. The van der Waals surface area contributed by atoms with Gasteiger partial charge in [0.05, 0.1) is 5.56 Å². The van der Waals surface area contributed by atoms with Crippen molar-refractivity contribution in [2.24, 2.45) is 11.7 Å². The molecule has 1 aromatic heterocycles. The number of nitrogens with two attached hydrogens (primary N) is 1. The molecule has 1 saturated heterocycles. The highest BCUT2D eigenvalue weighted by molar-refractivity contribution is 5.99. The second-order valence-corrected chi connectivity index (χ2v) is 5.28. The van der Waals surface area contributed by atoms with Crippen molar-refractivity contribution in [3.63, 3.8) is 0 Å². The molecular formula is C14H22N4O. The van der Waals surface area contributed by atoms with Crippen LogP contribution < -0.4 is 16.0 Å². The first-order valence-corrected chi connectivity index (χ1v) is 6.77. The van der Waals surface area contributed by atoms with E-state index in [0.717, 1.165) is 25.2 Å². The van der Waals surface area contributed by atoms with Crippen molar-refractivity contribution in [1.82, 2.24) is 10.3 Å². The van der Waals surface area contributed by atoms with Crippen molar-refractivity contribution in [3.05, 3.63) is 23.4 Å². The van der Waals surface area contributed by atoms with Gasteiger partial charge < -0.3 is 16.0 Å². The molecule has 2 heterocycles. The third-order valence-corrected chi connectivity index (χ3v) is 3.68. The first kappa shape index (κ1) is 13.8. The molecule has 1 unspecified atom stereocenters. The molecule has 0 spiro atoms. The Bertz CT molecular complexity index is 455. The summed E-state index contributed by atoms with van der Waals surface area (Å²) in [6, 6.07) is 1.82. The highest BCUT2D eigenvalue weighted by atomic mass is 16.1. The van der Waals surface area contributed by atoms with Crippen LogP contribution >= 0.6 is 0 Å². The van der Waals surface area contributed by atoms with Crippen LogP contribution in [0.2, 0.25) is 0 Å². The largest absolute Gasteiger partial charge is 0.365 e. The van der Waals surface area contributed by atoms with E-state index in [1.54, 1.807) is 6.20 Å². The number of amides is 1. The van der Waals surface area contributed by atoms with E-state index in [9.17, 15) is 4.79 Å². The Labute approximate surface area is 114 Å². The number of carbonyl (C=O) groups excluding carboxylic acids is 1. The Morgan fingerprint density at radius 1 is 1.63 bits per heavy atom. The van der Waals surface area contributed by atoms with Gasteiger partial charge in [0.2, 0.25) is 0 Å². The SMILES string of the molecule is Cc1ccnc(N(C)CC2CCCNC2)c1C(N)=O. The van der Waals surface area contributed by atoms with Crippen molar-refractivity contribution >= 4 is 11.7 Å². The van der Waals surface area contributed by atoms with Crippen molar-refractivity contribution in [1.29, 1.82) is 0 Å². The van der Waals surface area contributed by atoms with Gasteiger partial charge in [-0.05, 0) is 50.4 Å². The maximum Gasteiger partial charge on any atom is 0.252 e. The number of carbonyl (C=O) groups is 1.